The van der Waals surface area contributed by atoms with Gasteiger partial charge in [-0.05, 0) is 19.4 Å². The number of carbonyl (C=O) groups excluding carboxylic acids is 1. The van der Waals surface area contributed by atoms with Crippen LogP contribution in [0.1, 0.15) is 17.7 Å². The molecular weight excluding hydrogens is 344 g/mol. The summed E-state index contributed by atoms with van der Waals surface area (Å²) in [4.78, 5) is 17.8. The Morgan fingerprint density at radius 2 is 2.11 bits per heavy atom. The van der Waals surface area contributed by atoms with Gasteiger partial charge < -0.3 is 24.7 Å². The molecule has 1 aromatic carbocycles. The fourth-order valence-electron chi connectivity index (χ4n) is 3.01. The third-order valence-corrected chi connectivity index (χ3v) is 4.81. The molecule has 2 aromatic rings. The van der Waals surface area contributed by atoms with Crippen LogP contribution in [0.25, 0.3) is 11.0 Å². The predicted octanol–water partition coefficient (Wildman–Crippen LogP) is 1.90. The number of rotatable bonds is 6. The molecule has 7 heteroatoms. The molecule has 0 saturated carbocycles. The standard InChI is InChI=1S/C20H28N4O3/c1-14-16-6-4-5-7-17(16)27-18(14)11-22-20(23-12-19(25)24(2)3)21-10-15-8-9-26-13-15/h4-7,15H,8-13H2,1-3H3,(H2,21,22,23). The predicted molar refractivity (Wildman–Crippen MR) is 106 cm³/mol. The number of ether oxygens (including phenoxy) is 1. The number of furan rings is 1. The molecule has 7 nitrogen and oxygen atoms in total. The van der Waals surface area contributed by atoms with E-state index in [1.54, 1.807) is 14.1 Å². The highest BCUT2D eigenvalue weighted by Gasteiger charge is 2.16. The highest BCUT2D eigenvalue weighted by Crippen LogP contribution is 2.24. The molecule has 1 aliphatic heterocycles. The number of para-hydroxylation sites is 1. The number of nitrogens with one attached hydrogen (secondary N) is 2. The summed E-state index contributed by atoms with van der Waals surface area (Å²) in [5, 5.41) is 7.73. The molecule has 0 spiro atoms. The molecule has 27 heavy (non-hydrogen) atoms. The zero-order chi connectivity index (χ0) is 19.2. The molecule has 146 valence electrons. The summed E-state index contributed by atoms with van der Waals surface area (Å²) in [7, 11) is 3.46. The van der Waals surface area contributed by atoms with Gasteiger partial charge in [-0.2, -0.15) is 0 Å². The highest BCUT2D eigenvalue weighted by molar-refractivity contribution is 5.85. The van der Waals surface area contributed by atoms with Gasteiger partial charge in [-0.3, -0.25) is 4.79 Å². The number of guanidine groups is 1. The lowest BCUT2D eigenvalue weighted by Crippen LogP contribution is -2.40. The quantitative estimate of drug-likeness (QED) is 0.598. The van der Waals surface area contributed by atoms with E-state index < -0.39 is 0 Å². The number of hydrogen-bond acceptors (Lipinski definition) is 4. The van der Waals surface area contributed by atoms with E-state index in [0.29, 0.717) is 18.4 Å². The van der Waals surface area contributed by atoms with E-state index in [-0.39, 0.29) is 12.5 Å². The van der Waals surface area contributed by atoms with Crippen LogP contribution in [0.2, 0.25) is 0 Å². The fraction of sp³-hybridized carbons (Fsp3) is 0.500. The molecule has 3 rings (SSSR count). The zero-order valence-electron chi connectivity index (χ0n) is 16.2. The number of fused-ring (bicyclic) bond motifs is 1. The van der Waals surface area contributed by atoms with Gasteiger partial charge in [0.1, 0.15) is 17.9 Å². The largest absolute Gasteiger partial charge is 0.459 e. The number of nitrogens with zero attached hydrogens (tertiary/aromatic N) is 2. The van der Waals surface area contributed by atoms with E-state index in [1.165, 1.54) is 4.90 Å². The third-order valence-electron chi connectivity index (χ3n) is 4.81. The van der Waals surface area contributed by atoms with Gasteiger partial charge in [-0.15, -0.1) is 0 Å². The molecular formula is C20H28N4O3. The minimum absolute atomic E-state index is 0.0415. The van der Waals surface area contributed by atoms with E-state index >= 15 is 0 Å². The number of aliphatic imine (C=N–C) groups is 1. The fourth-order valence-corrected chi connectivity index (χ4v) is 3.01. The first-order valence-corrected chi connectivity index (χ1v) is 9.31. The first kappa shape index (κ1) is 19.2. The number of aryl methyl sites for hydroxylation is 1. The second-order valence-corrected chi connectivity index (χ2v) is 7.06. The maximum Gasteiger partial charge on any atom is 0.243 e. The lowest BCUT2D eigenvalue weighted by molar-refractivity contribution is -0.127. The third kappa shape index (κ3) is 5.01. The summed E-state index contributed by atoms with van der Waals surface area (Å²) in [6, 6.07) is 8.00. The normalized spacial score (nSPS) is 17.3. The Kier molecular flexibility index (Phi) is 6.34. The topological polar surface area (TPSA) is 79.1 Å². The Morgan fingerprint density at radius 3 is 2.81 bits per heavy atom. The van der Waals surface area contributed by atoms with Gasteiger partial charge in [0.25, 0.3) is 0 Å². The Labute approximate surface area is 159 Å². The van der Waals surface area contributed by atoms with Crippen molar-refractivity contribution in [1.82, 2.24) is 15.5 Å². The SMILES string of the molecule is Cc1c(CNC(=NCC(=O)N(C)C)NCC2CCOC2)oc2ccccc12. The maximum absolute atomic E-state index is 11.9. The molecule has 0 radical (unpaired) electrons. The van der Waals surface area contributed by atoms with Crippen LogP contribution in [0.4, 0.5) is 0 Å². The first-order valence-electron chi connectivity index (χ1n) is 9.31. The summed E-state index contributed by atoms with van der Waals surface area (Å²) in [6.45, 7) is 5.00. The van der Waals surface area contributed by atoms with E-state index in [9.17, 15) is 4.79 Å². The molecule has 1 atom stereocenters. The summed E-state index contributed by atoms with van der Waals surface area (Å²) >= 11 is 0. The van der Waals surface area contributed by atoms with Gasteiger partial charge >= 0.3 is 0 Å². The van der Waals surface area contributed by atoms with E-state index in [0.717, 1.165) is 48.5 Å². The molecule has 1 aromatic heterocycles. The van der Waals surface area contributed by atoms with Crippen LogP contribution in [-0.4, -0.2) is 57.2 Å². The van der Waals surface area contributed by atoms with Gasteiger partial charge in [0.15, 0.2) is 5.96 Å². The van der Waals surface area contributed by atoms with E-state index in [4.69, 9.17) is 9.15 Å². The van der Waals surface area contributed by atoms with Gasteiger partial charge in [0.2, 0.25) is 5.91 Å². The Balaban J connectivity index is 1.66. The molecule has 2 heterocycles. The number of benzene rings is 1. The molecule has 1 unspecified atom stereocenters. The van der Waals surface area contributed by atoms with Crippen LogP contribution in [0, 0.1) is 12.8 Å². The van der Waals surface area contributed by atoms with Crippen molar-refractivity contribution in [2.24, 2.45) is 10.9 Å². The second kappa shape index (κ2) is 8.90. The van der Waals surface area contributed by atoms with Crippen LogP contribution in [-0.2, 0) is 16.1 Å². The summed E-state index contributed by atoms with van der Waals surface area (Å²) in [5.41, 5.74) is 2.00. The van der Waals surface area contributed by atoms with Crippen molar-refractivity contribution in [2.45, 2.75) is 19.9 Å². The van der Waals surface area contributed by atoms with Gasteiger partial charge in [-0.25, -0.2) is 4.99 Å². The molecule has 0 bridgehead atoms. The van der Waals surface area contributed by atoms with Gasteiger partial charge in [0, 0.05) is 44.1 Å². The maximum atomic E-state index is 11.9. The number of amides is 1. The Hall–Kier alpha value is -2.54. The van der Waals surface area contributed by atoms with E-state index in [2.05, 4.69) is 28.6 Å². The second-order valence-electron chi connectivity index (χ2n) is 7.06. The molecule has 0 aliphatic carbocycles. The van der Waals surface area contributed by atoms with Crippen LogP contribution in [0.5, 0.6) is 0 Å². The zero-order valence-corrected chi connectivity index (χ0v) is 16.2. The Morgan fingerprint density at radius 1 is 1.30 bits per heavy atom. The monoisotopic (exact) mass is 372 g/mol. The van der Waals surface area contributed by atoms with Crippen molar-refractivity contribution < 1.29 is 13.9 Å². The Bertz CT molecular complexity index is 807. The van der Waals surface area contributed by atoms with E-state index in [1.807, 2.05) is 18.2 Å². The lowest BCUT2D eigenvalue weighted by Gasteiger charge is -2.15. The van der Waals surface area contributed by atoms with Gasteiger partial charge in [0.05, 0.1) is 13.2 Å². The smallest absolute Gasteiger partial charge is 0.243 e. The molecule has 1 amide bonds. The lowest BCUT2D eigenvalue weighted by atomic mass is 10.1. The minimum atomic E-state index is -0.0415. The number of likely N-dealkylation sites (N-methyl/N-ethyl adjacent to an activating group) is 1. The van der Waals surface area contributed by atoms with Crippen LogP contribution < -0.4 is 10.6 Å². The van der Waals surface area contributed by atoms with Gasteiger partial charge in [-0.1, -0.05) is 18.2 Å². The van der Waals surface area contributed by atoms with Crippen molar-refractivity contribution in [1.29, 1.82) is 0 Å². The van der Waals surface area contributed by atoms with Crippen LogP contribution in [0.15, 0.2) is 33.7 Å². The molecule has 1 aliphatic rings. The van der Waals surface area contributed by atoms with Crippen LogP contribution >= 0.6 is 0 Å². The van der Waals surface area contributed by atoms with Crippen molar-refractivity contribution >= 4 is 22.8 Å². The summed E-state index contributed by atoms with van der Waals surface area (Å²) in [5.74, 6) is 1.90. The van der Waals surface area contributed by atoms with Crippen molar-refractivity contribution in [2.75, 3.05) is 40.4 Å². The molecule has 1 saturated heterocycles. The number of hydrogen-bond donors (Lipinski definition) is 2. The van der Waals surface area contributed by atoms with Crippen molar-refractivity contribution in [3.8, 4) is 0 Å². The van der Waals surface area contributed by atoms with Crippen molar-refractivity contribution in [3.63, 3.8) is 0 Å². The minimum Gasteiger partial charge on any atom is -0.459 e. The molecule has 1 fully saturated rings. The summed E-state index contributed by atoms with van der Waals surface area (Å²) in [6.07, 6.45) is 1.04. The van der Waals surface area contributed by atoms with Crippen LogP contribution in [0.3, 0.4) is 0 Å². The first-order chi connectivity index (χ1) is 13.0. The summed E-state index contributed by atoms with van der Waals surface area (Å²) < 4.78 is 11.4. The average Bonchev–Trinajstić information content (AvgIpc) is 3.29. The highest BCUT2D eigenvalue weighted by atomic mass is 16.5. The molecule has 2 N–H and O–H groups in total. The average molecular weight is 372 g/mol. The van der Waals surface area contributed by atoms with Crippen molar-refractivity contribution in [3.05, 3.63) is 35.6 Å². The number of carbonyl (C=O) groups is 1.